The van der Waals surface area contributed by atoms with Gasteiger partial charge in [-0.15, -0.1) is 0 Å². The molecular weight excluding hydrogens is 210 g/mol. The molecule has 6 nitrogen and oxygen atoms in total. The Morgan fingerprint density at radius 2 is 2.44 bits per heavy atom. The number of rotatable bonds is 5. The van der Waals surface area contributed by atoms with Crippen molar-refractivity contribution in [3.05, 3.63) is 17.8 Å². The average Bonchev–Trinajstić information content (AvgIpc) is 2.27. The summed E-state index contributed by atoms with van der Waals surface area (Å²) in [5.41, 5.74) is 5.67. The summed E-state index contributed by atoms with van der Waals surface area (Å²) < 4.78 is 5.04. The Labute approximate surface area is 93.4 Å². The topological polar surface area (TPSA) is 97.5 Å². The van der Waals surface area contributed by atoms with Gasteiger partial charge in [-0.3, -0.25) is 0 Å². The number of aromatic carboxylic acids is 1. The Bertz CT molecular complexity index is 382. The molecule has 0 saturated carbocycles. The molecule has 0 saturated heterocycles. The molecule has 4 N–H and O–H groups in total. The molecular formula is C10H15N3O3. The number of methoxy groups -OCH3 is 1. The molecule has 0 fully saturated rings. The van der Waals surface area contributed by atoms with Crippen molar-refractivity contribution in [3.8, 4) is 0 Å². The third-order valence-electron chi connectivity index (χ3n) is 2.14. The minimum Gasteiger partial charge on any atom is -0.478 e. The first-order valence-corrected chi connectivity index (χ1v) is 4.80. The second kappa shape index (κ2) is 5.32. The third kappa shape index (κ3) is 3.09. The van der Waals surface area contributed by atoms with Gasteiger partial charge in [-0.1, -0.05) is 0 Å². The van der Waals surface area contributed by atoms with Crippen molar-refractivity contribution in [1.29, 1.82) is 0 Å². The number of nitrogen functional groups attached to an aromatic ring is 1. The van der Waals surface area contributed by atoms with Crippen LogP contribution in [0.15, 0.2) is 12.3 Å². The van der Waals surface area contributed by atoms with Crippen molar-refractivity contribution in [2.24, 2.45) is 0 Å². The van der Waals surface area contributed by atoms with Crippen LogP contribution in [0.4, 0.5) is 11.5 Å². The van der Waals surface area contributed by atoms with E-state index < -0.39 is 5.97 Å². The van der Waals surface area contributed by atoms with Crippen LogP contribution in [0, 0.1) is 0 Å². The lowest BCUT2D eigenvalue weighted by Gasteiger charge is -2.11. The van der Waals surface area contributed by atoms with Gasteiger partial charge in [0.15, 0.2) is 0 Å². The summed E-state index contributed by atoms with van der Waals surface area (Å²) in [4.78, 5) is 14.8. The van der Waals surface area contributed by atoms with E-state index >= 15 is 0 Å². The van der Waals surface area contributed by atoms with Crippen LogP contribution in [-0.2, 0) is 4.74 Å². The fraction of sp³-hybridized carbons (Fsp3) is 0.400. The lowest BCUT2D eigenvalue weighted by molar-refractivity contribution is 0.0698. The number of ether oxygens (including phenoxy) is 1. The van der Waals surface area contributed by atoms with Gasteiger partial charge in [0, 0.05) is 13.7 Å². The van der Waals surface area contributed by atoms with E-state index in [2.05, 4.69) is 10.3 Å². The van der Waals surface area contributed by atoms with E-state index in [1.165, 1.54) is 12.3 Å². The summed E-state index contributed by atoms with van der Waals surface area (Å²) in [7, 11) is 1.60. The minimum atomic E-state index is -1.07. The summed E-state index contributed by atoms with van der Waals surface area (Å²) in [5.74, 6) is -0.599. The van der Waals surface area contributed by atoms with Crippen molar-refractivity contribution >= 4 is 17.5 Å². The SMILES string of the molecule is COC(C)CNc1cc(C(=O)O)c(N)cn1. The van der Waals surface area contributed by atoms with Crippen LogP contribution in [0.25, 0.3) is 0 Å². The standard InChI is InChI=1S/C10H15N3O3/c1-6(16-2)4-12-9-3-7(10(14)15)8(11)5-13-9/h3,5-6H,4,11H2,1-2H3,(H,12,13)(H,14,15). The molecule has 88 valence electrons. The lowest BCUT2D eigenvalue weighted by atomic mass is 10.2. The zero-order valence-electron chi connectivity index (χ0n) is 9.23. The molecule has 0 spiro atoms. The van der Waals surface area contributed by atoms with Crippen LogP contribution in [0.1, 0.15) is 17.3 Å². The first kappa shape index (κ1) is 12.3. The number of hydrogen-bond donors (Lipinski definition) is 3. The van der Waals surface area contributed by atoms with E-state index in [1.54, 1.807) is 7.11 Å². The molecule has 0 aliphatic heterocycles. The smallest absolute Gasteiger partial charge is 0.337 e. The van der Waals surface area contributed by atoms with Crippen molar-refractivity contribution in [2.45, 2.75) is 13.0 Å². The van der Waals surface area contributed by atoms with Gasteiger partial charge in [0.2, 0.25) is 0 Å². The van der Waals surface area contributed by atoms with E-state index in [4.69, 9.17) is 15.6 Å². The molecule has 16 heavy (non-hydrogen) atoms. The quantitative estimate of drug-likeness (QED) is 0.686. The van der Waals surface area contributed by atoms with Crippen molar-refractivity contribution in [3.63, 3.8) is 0 Å². The molecule has 1 atom stereocenters. The molecule has 1 heterocycles. The molecule has 0 aliphatic carbocycles. The van der Waals surface area contributed by atoms with Gasteiger partial charge < -0.3 is 20.9 Å². The highest BCUT2D eigenvalue weighted by Gasteiger charge is 2.09. The van der Waals surface area contributed by atoms with Crippen LogP contribution in [-0.4, -0.2) is 35.8 Å². The van der Waals surface area contributed by atoms with Gasteiger partial charge in [0.05, 0.1) is 23.6 Å². The van der Waals surface area contributed by atoms with E-state index in [9.17, 15) is 4.79 Å². The molecule has 6 heteroatoms. The second-order valence-corrected chi connectivity index (χ2v) is 3.39. The number of nitrogens with one attached hydrogen (secondary N) is 1. The summed E-state index contributed by atoms with van der Waals surface area (Å²) in [5, 5.41) is 11.8. The molecule has 0 bridgehead atoms. The molecule has 1 rings (SSSR count). The van der Waals surface area contributed by atoms with Gasteiger partial charge >= 0.3 is 5.97 Å². The summed E-state index contributed by atoms with van der Waals surface area (Å²) >= 11 is 0. The fourth-order valence-corrected chi connectivity index (χ4v) is 1.08. The van der Waals surface area contributed by atoms with Gasteiger partial charge in [-0.25, -0.2) is 9.78 Å². The van der Waals surface area contributed by atoms with E-state index in [0.717, 1.165) is 0 Å². The number of carboxylic acid groups (broad SMARTS) is 1. The average molecular weight is 225 g/mol. The van der Waals surface area contributed by atoms with Gasteiger partial charge in [0.25, 0.3) is 0 Å². The zero-order valence-corrected chi connectivity index (χ0v) is 9.23. The van der Waals surface area contributed by atoms with Crippen LogP contribution < -0.4 is 11.1 Å². The first-order chi connectivity index (χ1) is 7.54. The number of carboxylic acids is 1. The van der Waals surface area contributed by atoms with Gasteiger partial charge in [-0.05, 0) is 13.0 Å². The monoisotopic (exact) mass is 225 g/mol. The predicted molar refractivity (Wildman–Crippen MR) is 60.6 cm³/mol. The van der Waals surface area contributed by atoms with Gasteiger partial charge in [0.1, 0.15) is 5.82 Å². The largest absolute Gasteiger partial charge is 0.478 e. The number of carbonyl (C=O) groups is 1. The Morgan fingerprint density at radius 3 is 3.00 bits per heavy atom. The fourth-order valence-electron chi connectivity index (χ4n) is 1.08. The summed E-state index contributed by atoms with van der Waals surface area (Å²) in [6.07, 6.45) is 1.34. The molecule has 1 aromatic rings. The Kier molecular flexibility index (Phi) is 4.07. The molecule has 0 aliphatic rings. The lowest BCUT2D eigenvalue weighted by Crippen LogP contribution is -2.19. The Hall–Kier alpha value is -1.82. The molecule has 0 amide bonds. The van der Waals surface area contributed by atoms with Crippen molar-refractivity contribution < 1.29 is 14.6 Å². The zero-order chi connectivity index (χ0) is 12.1. The molecule has 0 aromatic carbocycles. The summed E-state index contributed by atoms with van der Waals surface area (Å²) in [6, 6.07) is 1.40. The van der Waals surface area contributed by atoms with Crippen molar-refractivity contribution in [2.75, 3.05) is 24.7 Å². The number of anilines is 2. The highest BCUT2D eigenvalue weighted by molar-refractivity contribution is 5.94. The maximum absolute atomic E-state index is 10.8. The third-order valence-corrected chi connectivity index (χ3v) is 2.14. The van der Waals surface area contributed by atoms with E-state index in [1.807, 2.05) is 6.92 Å². The van der Waals surface area contributed by atoms with Crippen LogP contribution in [0.2, 0.25) is 0 Å². The first-order valence-electron chi connectivity index (χ1n) is 4.80. The molecule has 1 unspecified atom stereocenters. The van der Waals surface area contributed by atoms with Crippen LogP contribution in [0.5, 0.6) is 0 Å². The van der Waals surface area contributed by atoms with Gasteiger partial charge in [-0.2, -0.15) is 0 Å². The van der Waals surface area contributed by atoms with Crippen molar-refractivity contribution in [1.82, 2.24) is 4.98 Å². The molecule has 1 aromatic heterocycles. The highest BCUT2D eigenvalue weighted by Crippen LogP contribution is 2.14. The number of hydrogen-bond acceptors (Lipinski definition) is 5. The number of nitrogens with two attached hydrogens (primary N) is 1. The van der Waals surface area contributed by atoms with E-state index in [0.29, 0.717) is 12.4 Å². The number of pyridine rings is 1. The highest BCUT2D eigenvalue weighted by atomic mass is 16.5. The minimum absolute atomic E-state index is 0.0210. The summed E-state index contributed by atoms with van der Waals surface area (Å²) in [6.45, 7) is 2.44. The molecule has 0 radical (unpaired) electrons. The maximum atomic E-state index is 10.8. The maximum Gasteiger partial charge on any atom is 0.337 e. The number of aromatic nitrogens is 1. The number of nitrogens with zero attached hydrogens (tertiary/aromatic N) is 1. The van der Waals surface area contributed by atoms with Crippen LogP contribution >= 0.6 is 0 Å². The second-order valence-electron chi connectivity index (χ2n) is 3.39. The van der Waals surface area contributed by atoms with E-state index in [-0.39, 0.29) is 17.4 Å². The normalized spacial score (nSPS) is 12.1. The van der Waals surface area contributed by atoms with Crippen LogP contribution in [0.3, 0.4) is 0 Å². The predicted octanol–water partition coefficient (Wildman–Crippen LogP) is 0.809. The Morgan fingerprint density at radius 1 is 1.75 bits per heavy atom. The Balaban J connectivity index is 2.75.